The Balaban J connectivity index is 1.92. The van der Waals surface area contributed by atoms with E-state index in [2.05, 4.69) is 25.7 Å². The molecule has 0 amide bonds. The first-order valence-electron chi connectivity index (χ1n) is 8.02. The molecule has 20 heavy (non-hydrogen) atoms. The predicted molar refractivity (Wildman–Crippen MR) is 80.1 cm³/mol. The van der Waals surface area contributed by atoms with Crippen LogP contribution in [0.25, 0.3) is 0 Å². The van der Waals surface area contributed by atoms with E-state index in [1.807, 2.05) is 0 Å². The van der Waals surface area contributed by atoms with Crippen molar-refractivity contribution < 1.29 is 9.90 Å². The van der Waals surface area contributed by atoms with Gasteiger partial charge in [-0.15, -0.1) is 6.58 Å². The van der Waals surface area contributed by atoms with Gasteiger partial charge in [0, 0.05) is 19.4 Å². The third kappa shape index (κ3) is 2.09. The van der Waals surface area contributed by atoms with E-state index in [1.165, 1.54) is 12.8 Å². The van der Waals surface area contributed by atoms with Gasteiger partial charge in [0.05, 0.1) is 0 Å². The average Bonchev–Trinajstić information content (AvgIpc) is 2.44. The number of allylic oxidation sites excluding steroid dienone is 3. The number of aliphatic hydroxyl groups excluding tert-OH is 1. The summed E-state index contributed by atoms with van der Waals surface area (Å²) < 4.78 is 0. The zero-order valence-corrected chi connectivity index (χ0v) is 12.5. The van der Waals surface area contributed by atoms with Crippen LogP contribution in [-0.4, -0.2) is 17.5 Å². The van der Waals surface area contributed by atoms with Crippen LogP contribution in [0.5, 0.6) is 0 Å². The lowest BCUT2D eigenvalue weighted by atomic mass is 9.50. The van der Waals surface area contributed by atoms with Crippen LogP contribution in [0, 0.1) is 29.1 Å². The van der Waals surface area contributed by atoms with Crippen molar-refractivity contribution in [1.29, 1.82) is 0 Å². The van der Waals surface area contributed by atoms with Crippen molar-refractivity contribution in [1.82, 2.24) is 0 Å². The van der Waals surface area contributed by atoms with Crippen molar-refractivity contribution in [3.8, 4) is 0 Å². The second-order valence-corrected chi connectivity index (χ2v) is 7.32. The van der Waals surface area contributed by atoms with Crippen LogP contribution in [0.2, 0.25) is 0 Å². The van der Waals surface area contributed by atoms with Gasteiger partial charge >= 0.3 is 0 Å². The molecule has 2 nitrogen and oxygen atoms in total. The topological polar surface area (TPSA) is 37.3 Å². The largest absolute Gasteiger partial charge is 0.396 e. The molecule has 0 aromatic carbocycles. The maximum Gasteiger partial charge on any atom is 0.133 e. The maximum atomic E-state index is 12.1. The SMILES string of the molecule is C=CC1CCC2C(=CCC3C(CO)CC(=O)CC23C)C1. The third-order valence-electron chi connectivity index (χ3n) is 6.25. The molecule has 2 heteroatoms. The number of ketones is 1. The molecule has 3 rings (SSSR count). The molecule has 0 spiro atoms. The van der Waals surface area contributed by atoms with Crippen LogP contribution < -0.4 is 0 Å². The fourth-order valence-electron chi connectivity index (χ4n) is 5.21. The van der Waals surface area contributed by atoms with Crippen LogP contribution in [0.4, 0.5) is 0 Å². The zero-order chi connectivity index (χ0) is 14.3. The molecule has 0 saturated heterocycles. The fourth-order valence-corrected chi connectivity index (χ4v) is 5.21. The first-order valence-corrected chi connectivity index (χ1v) is 8.02. The maximum absolute atomic E-state index is 12.1. The van der Waals surface area contributed by atoms with Gasteiger partial charge in [0.1, 0.15) is 5.78 Å². The highest BCUT2D eigenvalue weighted by molar-refractivity contribution is 5.80. The monoisotopic (exact) mass is 274 g/mol. The second-order valence-electron chi connectivity index (χ2n) is 7.32. The van der Waals surface area contributed by atoms with E-state index in [-0.39, 0.29) is 17.9 Å². The number of hydrogen-bond donors (Lipinski definition) is 1. The van der Waals surface area contributed by atoms with Crippen LogP contribution in [0.15, 0.2) is 24.3 Å². The van der Waals surface area contributed by atoms with Crippen LogP contribution in [0.3, 0.4) is 0 Å². The van der Waals surface area contributed by atoms with Gasteiger partial charge in [0.25, 0.3) is 0 Å². The standard InChI is InChI=1S/C18H26O2/c1-3-12-4-6-16-13(8-12)5-7-17-14(11-19)9-15(20)10-18(16,17)2/h3,5,12,14,16-17,19H,1,4,6-11H2,2H3. The van der Waals surface area contributed by atoms with Crippen molar-refractivity contribution in [2.75, 3.05) is 6.61 Å². The van der Waals surface area contributed by atoms with Crippen molar-refractivity contribution in [3.63, 3.8) is 0 Å². The quantitative estimate of drug-likeness (QED) is 0.782. The molecule has 3 aliphatic rings. The Labute approximate surface area is 122 Å². The number of Topliss-reactive ketones (excluding diaryl/α,β-unsaturated/α-hetero) is 1. The summed E-state index contributed by atoms with van der Waals surface area (Å²) in [6, 6.07) is 0. The highest BCUT2D eigenvalue weighted by atomic mass is 16.3. The minimum Gasteiger partial charge on any atom is -0.396 e. The highest BCUT2D eigenvalue weighted by Gasteiger charge is 2.52. The Morgan fingerprint density at radius 2 is 2.25 bits per heavy atom. The van der Waals surface area contributed by atoms with E-state index in [0.29, 0.717) is 30.0 Å². The lowest BCUT2D eigenvalue weighted by Crippen LogP contribution is -2.49. The molecule has 2 fully saturated rings. The number of aliphatic hydroxyl groups is 1. The Kier molecular flexibility index (Phi) is 3.62. The van der Waals surface area contributed by atoms with E-state index in [9.17, 15) is 9.90 Å². The molecule has 0 aromatic heterocycles. The number of carbonyl (C=O) groups is 1. The van der Waals surface area contributed by atoms with Gasteiger partial charge in [-0.1, -0.05) is 24.6 Å². The molecular formula is C18H26O2. The van der Waals surface area contributed by atoms with Gasteiger partial charge < -0.3 is 5.11 Å². The molecular weight excluding hydrogens is 248 g/mol. The molecule has 0 heterocycles. The predicted octanol–water partition coefficient (Wildman–Crippen LogP) is 3.51. The first-order chi connectivity index (χ1) is 9.58. The van der Waals surface area contributed by atoms with Gasteiger partial charge in [-0.3, -0.25) is 4.79 Å². The smallest absolute Gasteiger partial charge is 0.133 e. The van der Waals surface area contributed by atoms with E-state index in [1.54, 1.807) is 5.57 Å². The van der Waals surface area contributed by atoms with E-state index in [0.717, 1.165) is 19.3 Å². The normalized spacial score (nSPS) is 44.3. The van der Waals surface area contributed by atoms with E-state index < -0.39 is 0 Å². The molecule has 0 radical (unpaired) electrons. The molecule has 110 valence electrons. The summed E-state index contributed by atoms with van der Waals surface area (Å²) in [5.74, 6) is 2.19. The summed E-state index contributed by atoms with van der Waals surface area (Å²) in [6.07, 6.45) is 10.4. The van der Waals surface area contributed by atoms with Gasteiger partial charge in [0.15, 0.2) is 0 Å². The fraction of sp³-hybridized carbons (Fsp3) is 0.722. The summed E-state index contributed by atoms with van der Waals surface area (Å²) in [4.78, 5) is 12.1. The van der Waals surface area contributed by atoms with E-state index in [4.69, 9.17) is 0 Å². The van der Waals surface area contributed by atoms with Gasteiger partial charge in [-0.05, 0) is 54.8 Å². The minimum absolute atomic E-state index is 0.0823. The Hall–Kier alpha value is -0.890. The van der Waals surface area contributed by atoms with Crippen molar-refractivity contribution in [3.05, 3.63) is 24.3 Å². The number of rotatable bonds is 2. The Morgan fingerprint density at radius 1 is 1.45 bits per heavy atom. The summed E-state index contributed by atoms with van der Waals surface area (Å²) in [6.45, 7) is 6.42. The summed E-state index contributed by atoms with van der Waals surface area (Å²) in [7, 11) is 0. The van der Waals surface area contributed by atoms with Gasteiger partial charge in [-0.25, -0.2) is 0 Å². The summed E-state index contributed by atoms with van der Waals surface area (Å²) in [5.41, 5.74) is 1.64. The van der Waals surface area contributed by atoms with Crippen LogP contribution in [0.1, 0.15) is 45.4 Å². The number of hydrogen-bond acceptors (Lipinski definition) is 2. The molecule has 2 saturated carbocycles. The first kappa shape index (κ1) is 14.1. The zero-order valence-electron chi connectivity index (χ0n) is 12.5. The Morgan fingerprint density at radius 3 is 2.95 bits per heavy atom. The summed E-state index contributed by atoms with van der Waals surface area (Å²) >= 11 is 0. The van der Waals surface area contributed by atoms with Crippen molar-refractivity contribution >= 4 is 5.78 Å². The number of carbonyl (C=O) groups excluding carboxylic acids is 1. The molecule has 0 aromatic rings. The second kappa shape index (κ2) is 5.14. The number of fused-ring (bicyclic) bond motifs is 3. The molecule has 0 aliphatic heterocycles. The van der Waals surface area contributed by atoms with Crippen LogP contribution >= 0.6 is 0 Å². The van der Waals surface area contributed by atoms with Crippen molar-refractivity contribution in [2.45, 2.75) is 45.4 Å². The molecule has 5 unspecified atom stereocenters. The molecule has 0 bridgehead atoms. The van der Waals surface area contributed by atoms with Gasteiger partial charge in [0.2, 0.25) is 0 Å². The highest BCUT2D eigenvalue weighted by Crippen LogP contribution is 2.58. The third-order valence-corrected chi connectivity index (χ3v) is 6.25. The lowest BCUT2D eigenvalue weighted by molar-refractivity contribution is -0.133. The minimum atomic E-state index is 0.0823. The van der Waals surface area contributed by atoms with Crippen LogP contribution in [-0.2, 0) is 4.79 Å². The molecule has 1 N–H and O–H groups in total. The van der Waals surface area contributed by atoms with Gasteiger partial charge in [-0.2, -0.15) is 0 Å². The average molecular weight is 274 g/mol. The van der Waals surface area contributed by atoms with Crippen molar-refractivity contribution in [2.24, 2.45) is 29.1 Å². The molecule has 3 aliphatic carbocycles. The van der Waals surface area contributed by atoms with E-state index >= 15 is 0 Å². The Bertz CT molecular complexity index is 450. The lowest BCUT2D eigenvalue weighted by Gasteiger charge is -2.54. The summed E-state index contributed by atoms with van der Waals surface area (Å²) in [5, 5.41) is 9.65. The molecule has 5 atom stereocenters.